The van der Waals surface area contributed by atoms with Crippen molar-refractivity contribution in [1.29, 1.82) is 0 Å². The van der Waals surface area contributed by atoms with Gasteiger partial charge in [0.05, 0.1) is 30.7 Å². The number of fused-ring (bicyclic) bond motifs is 1. The monoisotopic (exact) mass is 369 g/mol. The maximum atomic E-state index is 12.1. The molecule has 0 aliphatic carbocycles. The van der Waals surface area contributed by atoms with Gasteiger partial charge in [-0.2, -0.15) is 0 Å². The molecule has 3 aromatic rings. The Bertz CT molecular complexity index is 911. The number of benzene rings is 1. The van der Waals surface area contributed by atoms with Gasteiger partial charge in [0.15, 0.2) is 0 Å². The van der Waals surface area contributed by atoms with E-state index < -0.39 is 0 Å². The van der Waals surface area contributed by atoms with Crippen LogP contribution in [-0.4, -0.2) is 38.1 Å². The van der Waals surface area contributed by atoms with E-state index in [-0.39, 0.29) is 17.7 Å². The van der Waals surface area contributed by atoms with Crippen molar-refractivity contribution in [1.82, 2.24) is 24.8 Å². The lowest BCUT2D eigenvalue weighted by Crippen LogP contribution is -2.39. The lowest BCUT2D eigenvalue weighted by atomic mass is 10.1. The number of ether oxygens (including phenoxy) is 1. The molecule has 1 aromatic carbocycles. The number of halogens is 1. The van der Waals surface area contributed by atoms with Crippen molar-refractivity contribution >= 4 is 17.5 Å². The first-order valence-electron chi connectivity index (χ1n) is 8.17. The molecular formula is C18H16ClN5O2. The van der Waals surface area contributed by atoms with Gasteiger partial charge in [-0.3, -0.25) is 9.78 Å². The fourth-order valence-corrected chi connectivity index (χ4v) is 3.00. The molecule has 0 bridgehead atoms. The maximum absolute atomic E-state index is 12.1. The Kier molecular flexibility index (Phi) is 4.64. The maximum Gasteiger partial charge on any atom is 0.271 e. The second-order valence-electron chi connectivity index (χ2n) is 5.91. The van der Waals surface area contributed by atoms with E-state index in [4.69, 9.17) is 16.3 Å². The van der Waals surface area contributed by atoms with Crippen molar-refractivity contribution in [3.05, 3.63) is 65.6 Å². The van der Waals surface area contributed by atoms with Crippen LogP contribution in [0, 0.1) is 0 Å². The van der Waals surface area contributed by atoms with Gasteiger partial charge in [0, 0.05) is 24.0 Å². The molecule has 0 radical (unpaired) electrons. The van der Waals surface area contributed by atoms with Crippen LogP contribution < -0.4 is 5.32 Å². The van der Waals surface area contributed by atoms with Crippen LogP contribution >= 0.6 is 11.6 Å². The summed E-state index contributed by atoms with van der Waals surface area (Å²) in [5, 5.41) is 3.54. The molecule has 7 nitrogen and oxygen atoms in total. The zero-order chi connectivity index (χ0) is 17.9. The number of amides is 1. The first-order chi connectivity index (χ1) is 12.7. The van der Waals surface area contributed by atoms with Crippen LogP contribution in [-0.2, 0) is 17.9 Å². The minimum atomic E-state index is -0.268. The number of nitrogens with zero attached hydrogens (tertiary/aromatic N) is 4. The minimum Gasteiger partial charge on any atom is -0.367 e. The molecule has 2 aromatic heterocycles. The van der Waals surface area contributed by atoms with Gasteiger partial charge in [0.25, 0.3) is 5.91 Å². The lowest BCUT2D eigenvalue weighted by Gasteiger charge is -2.26. The summed E-state index contributed by atoms with van der Waals surface area (Å²) in [4.78, 5) is 24.4. The molecule has 0 saturated carbocycles. The fraction of sp³-hybridized carbons (Fsp3) is 0.222. The molecule has 132 valence electrons. The van der Waals surface area contributed by atoms with Crippen LogP contribution in [0.5, 0.6) is 0 Å². The topological polar surface area (TPSA) is 81.9 Å². The highest BCUT2D eigenvalue weighted by atomic mass is 35.5. The van der Waals surface area contributed by atoms with E-state index in [2.05, 4.69) is 24.8 Å². The first kappa shape index (κ1) is 16.7. The molecule has 3 heterocycles. The van der Waals surface area contributed by atoms with Crippen LogP contribution in [0.2, 0.25) is 5.02 Å². The summed E-state index contributed by atoms with van der Waals surface area (Å²) in [6, 6.07) is 7.64. The van der Waals surface area contributed by atoms with Crippen molar-refractivity contribution in [3.63, 3.8) is 0 Å². The number of imidazole rings is 1. The number of aromatic nitrogens is 4. The summed E-state index contributed by atoms with van der Waals surface area (Å²) in [5.41, 5.74) is 2.33. The number of nitrogens with one attached hydrogen (secondary N) is 1. The summed E-state index contributed by atoms with van der Waals surface area (Å²) in [6.07, 6.45) is 6.14. The first-order valence-corrected chi connectivity index (χ1v) is 8.54. The Balaban J connectivity index is 1.45. The van der Waals surface area contributed by atoms with Gasteiger partial charge in [-0.1, -0.05) is 23.7 Å². The Labute approximate surface area is 155 Å². The van der Waals surface area contributed by atoms with Crippen molar-refractivity contribution in [2.24, 2.45) is 0 Å². The van der Waals surface area contributed by atoms with Gasteiger partial charge in [-0.25, -0.2) is 9.97 Å². The third kappa shape index (κ3) is 3.44. The highest BCUT2D eigenvalue weighted by Gasteiger charge is 2.23. The largest absolute Gasteiger partial charge is 0.367 e. The third-order valence-corrected chi connectivity index (χ3v) is 4.45. The summed E-state index contributed by atoms with van der Waals surface area (Å²) < 4.78 is 7.92. The van der Waals surface area contributed by atoms with Crippen LogP contribution in [0.15, 0.2) is 49.1 Å². The van der Waals surface area contributed by atoms with Gasteiger partial charge in [0.2, 0.25) is 0 Å². The van der Waals surface area contributed by atoms with E-state index in [0.717, 1.165) is 17.1 Å². The molecule has 0 fully saturated rings. The van der Waals surface area contributed by atoms with Gasteiger partial charge < -0.3 is 14.6 Å². The molecule has 1 unspecified atom stereocenters. The summed E-state index contributed by atoms with van der Waals surface area (Å²) in [6.45, 7) is 1.39. The predicted octanol–water partition coefficient (Wildman–Crippen LogP) is 2.32. The van der Waals surface area contributed by atoms with E-state index in [1.54, 1.807) is 0 Å². The third-order valence-electron chi connectivity index (χ3n) is 4.20. The van der Waals surface area contributed by atoms with E-state index in [1.165, 1.54) is 18.6 Å². The quantitative estimate of drug-likeness (QED) is 0.763. The van der Waals surface area contributed by atoms with E-state index in [1.807, 2.05) is 30.5 Å². The number of rotatable bonds is 4. The lowest BCUT2D eigenvalue weighted by molar-refractivity contribution is 0.00371. The normalized spacial score (nSPS) is 16.1. The van der Waals surface area contributed by atoms with E-state index >= 15 is 0 Å². The second kappa shape index (κ2) is 7.23. The van der Waals surface area contributed by atoms with Crippen LogP contribution in [0.25, 0.3) is 11.3 Å². The number of carbonyl (C=O) groups excluding carboxylic acids is 1. The van der Waals surface area contributed by atoms with Crippen LogP contribution in [0.1, 0.15) is 16.3 Å². The standard InChI is InChI=1S/C18H16ClN5O2/c19-13-3-1-12(2-4-13)16-9-22-17-11-26-14(10-24(16)17)7-23-18(25)15-8-20-5-6-21-15/h1-6,8-9,14H,7,10-11H2,(H,23,25). The highest BCUT2D eigenvalue weighted by molar-refractivity contribution is 6.30. The molecule has 1 aliphatic rings. The average Bonchev–Trinajstić information content (AvgIpc) is 3.10. The van der Waals surface area contributed by atoms with Gasteiger partial charge in [0.1, 0.15) is 18.1 Å². The zero-order valence-electron chi connectivity index (χ0n) is 13.8. The Morgan fingerprint density at radius 3 is 2.85 bits per heavy atom. The van der Waals surface area contributed by atoms with Gasteiger partial charge in [-0.05, 0) is 17.7 Å². The van der Waals surface area contributed by atoms with E-state index in [0.29, 0.717) is 24.7 Å². The molecule has 1 N–H and O–H groups in total. The SMILES string of the molecule is O=C(NCC1Cn2c(-c3ccc(Cl)cc3)cnc2CO1)c1cnccn1. The molecule has 26 heavy (non-hydrogen) atoms. The van der Waals surface area contributed by atoms with Crippen molar-refractivity contribution in [2.45, 2.75) is 19.3 Å². The van der Waals surface area contributed by atoms with Crippen molar-refractivity contribution in [2.75, 3.05) is 6.54 Å². The second-order valence-corrected chi connectivity index (χ2v) is 6.35. The zero-order valence-corrected chi connectivity index (χ0v) is 14.6. The summed E-state index contributed by atoms with van der Waals surface area (Å²) in [7, 11) is 0. The molecule has 1 aliphatic heterocycles. The van der Waals surface area contributed by atoms with Crippen LogP contribution in [0.4, 0.5) is 0 Å². The molecular weight excluding hydrogens is 354 g/mol. The van der Waals surface area contributed by atoms with Crippen molar-refractivity contribution < 1.29 is 9.53 Å². The fourth-order valence-electron chi connectivity index (χ4n) is 2.87. The van der Waals surface area contributed by atoms with Gasteiger partial charge in [-0.15, -0.1) is 0 Å². The molecule has 1 atom stereocenters. The highest BCUT2D eigenvalue weighted by Crippen LogP contribution is 2.26. The molecule has 1 amide bonds. The van der Waals surface area contributed by atoms with Gasteiger partial charge >= 0.3 is 0 Å². The van der Waals surface area contributed by atoms with Crippen LogP contribution in [0.3, 0.4) is 0 Å². The predicted molar refractivity (Wildman–Crippen MR) is 95.6 cm³/mol. The number of hydrogen-bond acceptors (Lipinski definition) is 5. The molecule has 0 saturated heterocycles. The Hall–Kier alpha value is -2.77. The average molecular weight is 370 g/mol. The minimum absolute atomic E-state index is 0.150. The Morgan fingerprint density at radius 2 is 2.08 bits per heavy atom. The van der Waals surface area contributed by atoms with Crippen molar-refractivity contribution in [3.8, 4) is 11.3 Å². The Morgan fingerprint density at radius 1 is 1.23 bits per heavy atom. The summed E-state index contributed by atoms with van der Waals surface area (Å²) in [5.74, 6) is 0.600. The number of carbonyl (C=O) groups is 1. The van der Waals surface area contributed by atoms with E-state index in [9.17, 15) is 4.79 Å². The summed E-state index contributed by atoms with van der Waals surface area (Å²) >= 11 is 5.97. The molecule has 0 spiro atoms. The number of hydrogen-bond donors (Lipinski definition) is 1. The molecule has 8 heteroatoms. The smallest absolute Gasteiger partial charge is 0.271 e. The molecule has 4 rings (SSSR count).